The molecule has 27 heavy (non-hydrogen) atoms. The minimum atomic E-state index is -0.421. The third-order valence-corrected chi connectivity index (χ3v) is 5.09. The zero-order chi connectivity index (χ0) is 18.6. The van der Waals surface area contributed by atoms with Gasteiger partial charge in [0.25, 0.3) is 0 Å². The van der Waals surface area contributed by atoms with Gasteiger partial charge in [-0.25, -0.2) is 4.98 Å². The lowest BCUT2D eigenvalue weighted by atomic mass is 10.1. The van der Waals surface area contributed by atoms with Gasteiger partial charge < -0.3 is 10.2 Å². The van der Waals surface area contributed by atoms with Crippen LogP contribution in [0.1, 0.15) is 18.4 Å². The van der Waals surface area contributed by atoms with Gasteiger partial charge in [0, 0.05) is 38.8 Å². The van der Waals surface area contributed by atoms with Crippen LogP contribution in [0.5, 0.6) is 0 Å². The van der Waals surface area contributed by atoms with Crippen molar-refractivity contribution in [2.24, 2.45) is 0 Å². The Morgan fingerprint density at radius 1 is 1.15 bits per heavy atom. The Bertz CT molecular complexity index is 788. The highest BCUT2D eigenvalue weighted by molar-refractivity contribution is 5.58. The molecule has 2 heterocycles. The molecule has 0 spiro atoms. The SMILES string of the molecule is O=[N+]([O-])c1cnc(N2CCN(CCc3ccccc3)CC2)nc1NC1CC1. The highest BCUT2D eigenvalue weighted by atomic mass is 16.6. The summed E-state index contributed by atoms with van der Waals surface area (Å²) in [7, 11) is 0. The number of aromatic nitrogens is 2. The quantitative estimate of drug-likeness (QED) is 0.593. The number of nitrogens with one attached hydrogen (secondary N) is 1. The highest BCUT2D eigenvalue weighted by Crippen LogP contribution is 2.30. The summed E-state index contributed by atoms with van der Waals surface area (Å²) in [4.78, 5) is 24.0. The zero-order valence-electron chi connectivity index (χ0n) is 15.3. The molecule has 0 bridgehead atoms. The Hall–Kier alpha value is -2.74. The van der Waals surface area contributed by atoms with Crippen LogP contribution in [0.2, 0.25) is 0 Å². The van der Waals surface area contributed by atoms with E-state index >= 15 is 0 Å². The lowest BCUT2D eigenvalue weighted by Crippen LogP contribution is -2.47. The highest BCUT2D eigenvalue weighted by Gasteiger charge is 2.28. The molecular weight excluding hydrogens is 344 g/mol. The lowest BCUT2D eigenvalue weighted by Gasteiger charge is -2.34. The van der Waals surface area contributed by atoms with Crippen LogP contribution in [0, 0.1) is 10.1 Å². The Labute approximate surface area is 158 Å². The average Bonchev–Trinajstić information content (AvgIpc) is 3.51. The summed E-state index contributed by atoms with van der Waals surface area (Å²) in [6.07, 6.45) is 4.45. The number of hydrogen-bond donors (Lipinski definition) is 1. The van der Waals surface area contributed by atoms with Gasteiger partial charge in [-0.05, 0) is 24.8 Å². The van der Waals surface area contributed by atoms with Gasteiger partial charge >= 0.3 is 5.69 Å². The average molecular weight is 368 g/mol. The smallest absolute Gasteiger partial charge is 0.329 e. The van der Waals surface area contributed by atoms with E-state index in [0.717, 1.165) is 52.0 Å². The normalized spacial score (nSPS) is 17.7. The number of benzene rings is 1. The first kappa shape index (κ1) is 17.7. The topological polar surface area (TPSA) is 87.4 Å². The summed E-state index contributed by atoms with van der Waals surface area (Å²) in [6, 6.07) is 10.8. The van der Waals surface area contributed by atoms with Crippen molar-refractivity contribution >= 4 is 17.5 Å². The molecule has 2 fully saturated rings. The first-order chi connectivity index (χ1) is 13.2. The minimum Gasteiger partial charge on any atom is -0.361 e. The molecule has 0 unspecified atom stereocenters. The molecule has 0 atom stereocenters. The van der Waals surface area contributed by atoms with Crippen LogP contribution in [0.25, 0.3) is 0 Å². The van der Waals surface area contributed by atoms with E-state index in [4.69, 9.17) is 0 Å². The Balaban J connectivity index is 1.35. The van der Waals surface area contributed by atoms with Crippen LogP contribution in [-0.2, 0) is 6.42 Å². The maximum absolute atomic E-state index is 11.2. The number of anilines is 2. The third kappa shape index (κ3) is 4.51. The predicted molar refractivity (Wildman–Crippen MR) is 104 cm³/mol. The summed E-state index contributed by atoms with van der Waals surface area (Å²) >= 11 is 0. The molecule has 2 aliphatic rings. The van der Waals surface area contributed by atoms with Crippen molar-refractivity contribution in [1.29, 1.82) is 0 Å². The largest absolute Gasteiger partial charge is 0.361 e. The fourth-order valence-electron chi connectivity index (χ4n) is 3.28. The van der Waals surface area contributed by atoms with E-state index < -0.39 is 4.92 Å². The predicted octanol–water partition coefficient (Wildman–Crippen LogP) is 2.32. The lowest BCUT2D eigenvalue weighted by molar-refractivity contribution is -0.384. The van der Waals surface area contributed by atoms with E-state index in [9.17, 15) is 10.1 Å². The molecule has 2 aromatic rings. The molecule has 1 N–H and O–H groups in total. The first-order valence-electron chi connectivity index (χ1n) is 9.48. The molecule has 1 saturated heterocycles. The molecule has 1 aromatic carbocycles. The molecule has 1 aliphatic heterocycles. The molecule has 1 saturated carbocycles. The summed E-state index contributed by atoms with van der Waals surface area (Å²) < 4.78 is 0. The Morgan fingerprint density at radius 2 is 1.89 bits per heavy atom. The fraction of sp³-hybridized carbons (Fsp3) is 0.474. The van der Waals surface area contributed by atoms with Gasteiger partial charge in [0.1, 0.15) is 6.20 Å². The Morgan fingerprint density at radius 3 is 2.56 bits per heavy atom. The van der Waals surface area contributed by atoms with Crippen molar-refractivity contribution in [3.63, 3.8) is 0 Å². The van der Waals surface area contributed by atoms with Gasteiger partial charge in [-0.1, -0.05) is 30.3 Å². The molecule has 4 rings (SSSR count). The van der Waals surface area contributed by atoms with Crippen molar-refractivity contribution in [3.8, 4) is 0 Å². The van der Waals surface area contributed by atoms with Gasteiger partial charge in [0.05, 0.1) is 4.92 Å². The second-order valence-corrected chi connectivity index (χ2v) is 7.14. The number of nitrogens with zero attached hydrogens (tertiary/aromatic N) is 5. The fourth-order valence-corrected chi connectivity index (χ4v) is 3.28. The van der Waals surface area contributed by atoms with E-state index in [0.29, 0.717) is 17.8 Å². The molecule has 0 amide bonds. The Kier molecular flexibility index (Phi) is 5.15. The van der Waals surface area contributed by atoms with Crippen molar-refractivity contribution in [1.82, 2.24) is 14.9 Å². The van der Waals surface area contributed by atoms with Crippen LogP contribution in [0.15, 0.2) is 36.5 Å². The third-order valence-electron chi connectivity index (χ3n) is 5.09. The van der Waals surface area contributed by atoms with Crippen LogP contribution in [0.4, 0.5) is 17.5 Å². The van der Waals surface area contributed by atoms with Crippen LogP contribution >= 0.6 is 0 Å². The number of nitro groups is 1. The van der Waals surface area contributed by atoms with E-state index in [1.54, 1.807) is 0 Å². The maximum Gasteiger partial charge on any atom is 0.329 e. The maximum atomic E-state index is 11.2. The molecule has 8 heteroatoms. The molecule has 0 radical (unpaired) electrons. The standard InChI is InChI=1S/C19H24N6O2/c26-25(27)17-14-20-19(22-18(17)21-16-6-7-16)24-12-10-23(11-13-24)9-8-15-4-2-1-3-5-15/h1-5,14,16H,6-13H2,(H,20,21,22). The first-order valence-corrected chi connectivity index (χ1v) is 9.48. The second-order valence-electron chi connectivity index (χ2n) is 7.14. The summed E-state index contributed by atoms with van der Waals surface area (Å²) in [5, 5.41) is 14.4. The van der Waals surface area contributed by atoms with Gasteiger partial charge in [0.2, 0.25) is 11.8 Å². The van der Waals surface area contributed by atoms with Crippen molar-refractivity contribution < 1.29 is 4.92 Å². The number of rotatable bonds is 7. The van der Waals surface area contributed by atoms with Gasteiger partial charge in [-0.15, -0.1) is 0 Å². The zero-order valence-corrected chi connectivity index (χ0v) is 15.3. The van der Waals surface area contributed by atoms with E-state index in [1.807, 2.05) is 6.07 Å². The van der Waals surface area contributed by atoms with Crippen molar-refractivity contribution in [2.75, 3.05) is 42.9 Å². The monoisotopic (exact) mass is 368 g/mol. The molecule has 142 valence electrons. The van der Waals surface area contributed by atoms with Crippen molar-refractivity contribution in [3.05, 3.63) is 52.2 Å². The number of piperazine rings is 1. The van der Waals surface area contributed by atoms with E-state index in [2.05, 4.69) is 49.4 Å². The van der Waals surface area contributed by atoms with E-state index in [1.165, 1.54) is 11.8 Å². The molecule has 8 nitrogen and oxygen atoms in total. The van der Waals surface area contributed by atoms with Gasteiger partial charge in [-0.2, -0.15) is 4.98 Å². The van der Waals surface area contributed by atoms with Gasteiger partial charge in [-0.3, -0.25) is 15.0 Å². The van der Waals surface area contributed by atoms with Crippen molar-refractivity contribution in [2.45, 2.75) is 25.3 Å². The van der Waals surface area contributed by atoms with Gasteiger partial charge in [0.15, 0.2) is 0 Å². The number of hydrogen-bond acceptors (Lipinski definition) is 7. The molecule has 1 aliphatic carbocycles. The molecular formula is C19H24N6O2. The summed E-state index contributed by atoms with van der Waals surface area (Å²) in [5.41, 5.74) is 1.31. The minimum absolute atomic E-state index is 0.0489. The molecule has 1 aromatic heterocycles. The summed E-state index contributed by atoms with van der Waals surface area (Å²) in [6.45, 7) is 4.58. The van der Waals surface area contributed by atoms with Crippen LogP contribution < -0.4 is 10.2 Å². The van der Waals surface area contributed by atoms with Crippen LogP contribution in [-0.4, -0.2) is 58.6 Å². The van der Waals surface area contributed by atoms with Crippen LogP contribution in [0.3, 0.4) is 0 Å². The van der Waals surface area contributed by atoms with E-state index in [-0.39, 0.29) is 5.69 Å². The summed E-state index contributed by atoms with van der Waals surface area (Å²) in [5.74, 6) is 0.922. The second kappa shape index (κ2) is 7.87.